The summed E-state index contributed by atoms with van der Waals surface area (Å²) in [6.45, 7) is 2.16. The number of aromatic nitrogens is 1. The monoisotopic (exact) mass is 277 g/mol. The molecule has 0 amide bonds. The summed E-state index contributed by atoms with van der Waals surface area (Å²) in [4.78, 5) is 15.0. The van der Waals surface area contributed by atoms with Crippen LogP contribution in [0.1, 0.15) is 12.5 Å². The summed E-state index contributed by atoms with van der Waals surface area (Å²) in [6.07, 6.45) is 1.78. The quantitative estimate of drug-likeness (QED) is 0.630. The lowest BCUT2D eigenvalue weighted by molar-refractivity contribution is -0.142. The van der Waals surface area contributed by atoms with E-state index >= 15 is 0 Å². The summed E-state index contributed by atoms with van der Waals surface area (Å²) >= 11 is 8.93. The highest BCUT2D eigenvalue weighted by Crippen LogP contribution is 2.20. The summed E-state index contributed by atoms with van der Waals surface area (Å²) in [5, 5.41) is 0.387. The molecule has 0 unspecified atom stereocenters. The molecule has 0 aliphatic heterocycles. The van der Waals surface area contributed by atoms with E-state index in [1.54, 1.807) is 19.2 Å². The van der Waals surface area contributed by atoms with Crippen molar-refractivity contribution >= 4 is 33.5 Å². The maximum absolute atomic E-state index is 11.1. The van der Waals surface area contributed by atoms with Crippen molar-refractivity contribution in [2.75, 3.05) is 6.61 Å². The first kappa shape index (κ1) is 11.5. The molecule has 0 saturated heterocycles. The van der Waals surface area contributed by atoms with Crippen molar-refractivity contribution in [3.8, 4) is 0 Å². The predicted octanol–water partition coefficient (Wildman–Crippen LogP) is 2.60. The molecule has 14 heavy (non-hydrogen) atoms. The molecule has 1 aromatic rings. The van der Waals surface area contributed by atoms with Gasteiger partial charge in [-0.1, -0.05) is 11.6 Å². The molecular formula is C9H9BrClNO2. The van der Waals surface area contributed by atoms with Gasteiger partial charge in [0.2, 0.25) is 0 Å². The fourth-order valence-electron chi connectivity index (χ4n) is 0.936. The largest absolute Gasteiger partial charge is 0.466 e. The van der Waals surface area contributed by atoms with Crippen LogP contribution in [0.5, 0.6) is 0 Å². The number of carbonyl (C=O) groups is 1. The molecule has 0 fully saturated rings. The fraction of sp³-hybridized carbons (Fsp3) is 0.333. The van der Waals surface area contributed by atoms with Gasteiger partial charge in [-0.3, -0.25) is 4.79 Å². The Bertz CT molecular complexity index is 344. The molecule has 1 aromatic heterocycles. The average Bonchev–Trinajstić information content (AvgIpc) is 2.12. The van der Waals surface area contributed by atoms with E-state index in [1.165, 1.54) is 0 Å². The van der Waals surface area contributed by atoms with Gasteiger partial charge in [-0.05, 0) is 34.5 Å². The smallest absolute Gasteiger partial charge is 0.310 e. The van der Waals surface area contributed by atoms with Crippen LogP contribution in [0.25, 0.3) is 0 Å². The van der Waals surface area contributed by atoms with Gasteiger partial charge in [-0.2, -0.15) is 0 Å². The van der Waals surface area contributed by atoms with E-state index in [0.717, 1.165) is 5.56 Å². The second-order valence-corrected chi connectivity index (χ2v) is 3.81. The van der Waals surface area contributed by atoms with Gasteiger partial charge >= 0.3 is 5.97 Å². The van der Waals surface area contributed by atoms with Crippen molar-refractivity contribution in [3.63, 3.8) is 0 Å². The summed E-state index contributed by atoms with van der Waals surface area (Å²) in [7, 11) is 0. The van der Waals surface area contributed by atoms with Crippen LogP contribution in [0.15, 0.2) is 16.7 Å². The maximum atomic E-state index is 11.1. The maximum Gasteiger partial charge on any atom is 0.310 e. The number of pyridine rings is 1. The van der Waals surface area contributed by atoms with Crippen LogP contribution in [0.2, 0.25) is 5.15 Å². The Hall–Kier alpha value is -0.610. The lowest BCUT2D eigenvalue weighted by Crippen LogP contribution is -2.07. The molecule has 76 valence electrons. The van der Waals surface area contributed by atoms with Gasteiger partial charge in [0.05, 0.1) is 17.5 Å². The highest BCUT2D eigenvalue weighted by Gasteiger charge is 2.06. The lowest BCUT2D eigenvalue weighted by atomic mass is 10.2. The Kier molecular flexibility index (Phi) is 4.35. The molecule has 0 bridgehead atoms. The average molecular weight is 279 g/mol. The first-order chi connectivity index (χ1) is 6.63. The Morgan fingerprint density at radius 2 is 2.43 bits per heavy atom. The molecule has 0 saturated carbocycles. The Labute approximate surface area is 95.6 Å². The molecule has 0 aliphatic rings. The van der Waals surface area contributed by atoms with Crippen LogP contribution in [0, 0.1) is 0 Å². The normalized spacial score (nSPS) is 9.93. The van der Waals surface area contributed by atoms with Gasteiger partial charge in [0.25, 0.3) is 0 Å². The van der Waals surface area contributed by atoms with Crippen LogP contribution in [0.4, 0.5) is 0 Å². The zero-order valence-electron chi connectivity index (χ0n) is 7.59. The topological polar surface area (TPSA) is 39.2 Å². The molecule has 1 rings (SSSR count). The Morgan fingerprint density at radius 1 is 1.71 bits per heavy atom. The van der Waals surface area contributed by atoms with E-state index in [2.05, 4.69) is 20.9 Å². The Morgan fingerprint density at radius 3 is 3.00 bits per heavy atom. The number of ether oxygens (including phenoxy) is 1. The molecule has 0 radical (unpaired) electrons. The number of rotatable bonds is 3. The minimum Gasteiger partial charge on any atom is -0.466 e. The first-order valence-corrected chi connectivity index (χ1v) is 5.26. The second-order valence-electron chi connectivity index (χ2n) is 2.60. The molecular weight excluding hydrogens is 269 g/mol. The van der Waals surface area contributed by atoms with Crippen LogP contribution in [0.3, 0.4) is 0 Å². The predicted molar refractivity (Wildman–Crippen MR) is 57.3 cm³/mol. The summed E-state index contributed by atoms with van der Waals surface area (Å²) in [5.74, 6) is -0.261. The second kappa shape index (κ2) is 5.32. The fourth-order valence-corrected chi connectivity index (χ4v) is 1.44. The zero-order chi connectivity index (χ0) is 10.6. The number of hydrogen-bond donors (Lipinski definition) is 0. The van der Waals surface area contributed by atoms with Gasteiger partial charge in [-0.15, -0.1) is 0 Å². The Balaban J connectivity index is 2.68. The summed E-state index contributed by atoms with van der Waals surface area (Å²) in [6, 6.07) is 1.76. The van der Waals surface area contributed by atoms with Gasteiger partial charge in [0.1, 0.15) is 5.15 Å². The van der Waals surface area contributed by atoms with Crippen LogP contribution in [-0.4, -0.2) is 17.6 Å². The molecule has 1 heterocycles. The molecule has 0 spiro atoms. The minimum atomic E-state index is -0.261. The van der Waals surface area contributed by atoms with E-state index in [4.69, 9.17) is 16.3 Å². The summed E-state index contributed by atoms with van der Waals surface area (Å²) < 4.78 is 5.48. The third-order valence-corrected chi connectivity index (χ3v) is 2.64. The molecule has 5 heteroatoms. The number of nitrogens with zero attached hydrogens (tertiary/aromatic N) is 1. The lowest BCUT2D eigenvalue weighted by Gasteiger charge is -2.02. The van der Waals surface area contributed by atoms with E-state index in [-0.39, 0.29) is 12.4 Å². The number of carbonyl (C=O) groups excluding carboxylic acids is 1. The first-order valence-electron chi connectivity index (χ1n) is 4.09. The van der Waals surface area contributed by atoms with E-state index in [1.807, 2.05) is 0 Å². The van der Waals surface area contributed by atoms with Gasteiger partial charge in [0.15, 0.2) is 0 Å². The SMILES string of the molecule is CCOC(=O)Cc1cnc(Cl)c(Br)c1. The van der Waals surface area contributed by atoms with Crippen LogP contribution < -0.4 is 0 Å². The van der Waals surface area contributed by atoms with Crippen molar-refractivity contribution in [1.82, 2.24) is 4.98 Å². The van der Waals surface area contributed by atoms with Crippen molar-refractivity contribution in [2.24, 2.45) is 0 Å². The van der Waals surface area contributed by atoms with Crippen molar-refractivity contribution in [3.05, 3.63) is 27.5 Å². The van der Waals surface area contributed by atoms with E-state index in [9.17, 15) is 4.79 Å². The number of hydrogen-bond acceptors (Lipinski definition) is 3. The molecule has 0 aliphatic carbocycles. The van der Waals surface area contributed by atoms with Crippen molar-refractivity contribution in [1.29, 1.82) is 0 Å². The van der Waals surface area contributed by atoms with Crippen LogP contribution in [-0.2, 0) is 16.0 Å². The highest BCUT2D eigenvalue weighted by atomic mass is 79.9. The molecule has 3 nitrogen and oxygen atoms in total. The van der Waals surface area contributed by atoms with E-state index in [0.29, 0.717) is 16.2 Å². The number of esters is 1. The van der Waals surface area contributed by atoms with Gasteiger partial charge < -0.3 is 4.74 Å². The zero-order valence-corrected chi connectivity index (χ0v) is 9.93. The van der Waals surface area contributed by atoms with Crippen molar-refractivity contribution in [2.45, 2.75) is 13.3 Å². The molecule has 0 atom stereocenters. The van der Waals surface area contributed by atoms with E-state index < -0.39 is 0 Å². The minimum absolute atomic E-state index is 0.219. The van der Waals surface area contributed by atoms with Crippen molar-refractivity contribution < 1.29 is 9.53 Å². The third-order valence-electron chi connectivity index (χ3n) is 1.51. The standard InChI is InChI=1S/C9H9BrClNO2/c1-2-14-8(13)4-6-3-7(10)9(11)12-5-6/h3,5H,2,4H2,1H3. The third kappa shape index (κ3) is 3.27. The van der Waals surface area contributed by atoms with Gasteiger partial charge in [0, 0.05) is 6.20 Å². The molecule has 0 aromatic carbocycles. The molecule has 0 N–H and O–H groups in total. The number of halogens is 2. The van der Waals surface area contributed by atoms with Gasteiger partial charge in [-0.25, -0.2) is 4.98 Å². The highest BCUT2D eigenvalue weighted by molar-refractivity contribution is 9.10. The van der Waals surface area contributed by atoms with Crippen LogP contribution >= 0.6 is 27.5 Å². The summed E-state index contributed by atoms with van der Waals surface area (Å²) in [5.41, 5.74) is 0.778.